The van der Waals surface area contributed by atoms with E-state index in [4.69, 9.17) is 5.11 Å². The summed E-state index contributed by atoms with van der Waals surface area (Å²) in [5.74, 6) is -1.38. The number of nitrogens with zero attached hydrogens (tertiary/aromatic N) is 2. The number of carboxylic acid groups (broad SMARTS) is 1. The van der Waals surface area contributed by atoms with E-state index in [1.54, 1.807) is 29.2 Å². The smallest absolute Gasteiger partial charge is 0.317 e. The number of hydrogen-bond acceptors (Lipinski definition) is 4. The summed E-state index contributed by atoms with van der Waals surface area (Å²) in [6.45, 7) is 1.68. The maximum Gasteiger partial charge on any atom is 0.317 e. The van der Waals surface area contributed by atoms with Crippen LogP contribution in [0.3, 0.4) is 0 Å². The fourth-order valence-corrected chi connectivity index (χ4v) is 3.37. The van der Waals surface area contributed by atoms with Crippen molar-refractivity contribution in [2.24, 2.45) is 0 Å². The molecule has 0 saturated heterocycles. The topological polar surface area (TPSA) is 107 Å². The number of urea groups is 1. The number of carbonyl (C=O) groups is 4. The largest absolute Gasteiger partial charge is 0.481 e. The highest BCUT2D eigenvalue weighted by Crippen LogP contribution is 2.24. The first-order valence-corrected chi connectivity index (χ1v) is 9.35. The zero-order chi connectivity index (χ0) is 20.1. The lowest BCUT2D eigenvalue weighted by Gasteiger charge is -2.27. The summed E-state index contributed by atoms with van der Waals surface area (Å²) in [7, 11) is 0. The van der Waals surface area contributed by atoms with Gasteiger partial charge in [0.25, 0.3) is 11.8 Å². The number of carboxylic acids is 1. The van der Waals surface area contributed by atoms with Crippen LogP contribution in [0.15, 0.2) is 35.9 Å². The molecule has 1 aromatic carbocycles. The summed E-state index contributed by atoms with van der Waals surface area (Å²) in [4.78, 5) is 50.2. The fraction of sp³-hybridized carbons (Fsp3) is 0.400. The van der Waals surface area contributed by atoms with E-state index >= 15 is 0 Å². The highest BCUT2D eigenvalue weighted by Gasteiger charge is 2.34. The average molecular weight is 385 g/mol. The lowest BCUT2D eigenvalue weighted by molar-refractivity contribution is -0.137. The van der Waals surface area contributed by atoms with Crippen LogP contribution in [0.4, 0.5) is 4.79 Å². The van der Waals surface area contributed by atoms with Gasteiger partial charge in [-0.15, -0.1) is 0 Å². The molecule has 8 heteroatoms. The number of amides is 4. The van der Waals surface area contributed by atoms with Gasteiger partial charge < -0.3 is 15.3 Å². The average Bonchev–Trinajstić information content (AvgIpc) is 2.94. The van der Waals surface area contributed by atoms with Gasteiger partial charge in [0.15, 0.2) is 0 Å². The van der Waals surface area contributed by atoms with Crippen molar-refractivity contribution in [3.63, 3.8) is 0 Å². The van der Waals surface area contributed by atoms with Crippen molar-refractivity contribution < 1.29 is 24.3 Å². The third-order valence-corrected chi connectivity index (χ3v) is 4.97. The molecule has 1 aromatic rings. The van der Waals surface area contributed by atoms with E-state index in [-0.39, 0.29) is 24.3 Å². The molecule has 0 bridgehead atoms. The molecule has 148 valence electrons. The van der Waals surface area contributed by atoms with E-state index in [2.05, 4.69) is 5.32 Å². The molecule has 0 atom stereocenters. The zero-order valence-electron chi connectivity index (χ0n) is 15.5. The van der Waals surface area contributed by atoms with Crippen molar-refractivity contribution in [3.05, 3.63) is 47.0 Å². The van der Waals surface area contributed by atoms with Crippen LogP contribution >= 0.6 is 0 Å². The molecule has 0 radical (unpaired) electrons. The van der Waals surface area contributed by atoms with Crippen LogP contribution in [0.1, 0.15) is 46.4 Å². The highest BCUT2D eigenvalue weighted by molar-refractivity contribution is 6.21. The summed E-state index contributed by atoms with van der Waals surface area (Å²) in [5.41, 5.74) is 2.03. The first kappa shape index (κ1) is 19.6. The zero-order valence-corrected chi connectivity index (χ0v) is 15.5. The number of benzene rings is 1. The molecule has 0 unspecified atom stereocenters. The number of nitrogens with one attached hydrogen (secondary N) is 1. The lowest BCUT2D eigenvalue weighted by Crippen LogP contribution is -2.42. The summed E-state index contributed by atoms with van der Waals surface area (Å²) in [5, 5.41) is 11.3. The van der Waals surface area contributed by atoms with Crippen molar-refractivity contribution in [1.82, 2.24) is 15.1 Å². The fourth-order valence-electron chi connectivity index (χ4n) is 3.37. The van der Waals surface area contributed by atoms with Crippen LogP contribution in [-0.4, -0.2) is 64.9 Å². The molecule has 2 aliphatic heterocycles. The number of rotatable bonds is 7. The Kier molecular flexibility index (Phi) is 6.08. The molecule has 2 aliphatic rings. The Bertz CT molecular complexity index is 798. The van der Waals surface area contributed by atoms with Crippen molar-refractivity contribution in [1.29, 1.82) is 0 Å². The van der Waals surface area contributed by atoms with Gasteiger partial charge in [-0.3, -0.25) is 19.3 Å². The van der Waals surface area contributed by atoms with Gasteiger partial charge >= 0.3 is 12.0 Å². The number of carbonyl (C=O) groups excluding carboxylic acids is 3. The Morgan fingerprint density at radius 3 is 2.36 bits per heavy atom. The van der Waals surface area contributed by atoms with Crippen LogP contribution in [0.2, 0.25) is 0 Å². The maximum absolute atomic E-state index is 12.4. The maximum atomic E-state index is 12.4. The van der Waals surface area contributed by atoms with Gasteiger partial charge in [-0.05, 0) is 31.4 Å². The van der Waals surface area contributed by atoms with E-state index in [1.807, 2.05) is 6.08 Å². The number of fused-ring (bicyclic) bond motifs is 1. The minimum Gasteiger partial charge on any atom is -0.481 e. The number of imide groups is 1. The highest BCUT2D eigenvalue weighted by atomic mass is 16.4. The van der Waals surface area contributed by atoms with Gasteiger partial charge in [0.2, 0.25) is 0 Å². The molecule has 0 fully saturated rings. The van der Waals surface area contributed by atoms with Gasteiger partial charge in [-0.2, -0.15) is 0 Å². The van der Waals surface area contributed by atoms with E-state index in [1.165, 1.54) is 4.90 Å². The molecular weight excluding hydrogens is 362 g/mol. The van der Waals surface area contributed by atoms with Gasteiger partial charge in [-0.25, -0.2) is 4.79 Å². The van der Waals surface area contributed by atoms with Crippen LogP contribution in [0.25, 0.3) is 0 Å². The molecule has 28 heavy (non-hydrogen) atoms. The number of hydrogen-bond donors (Lipinski definition) is 2. The first-order chi connectivity index (χ1) is 13.5. The molecule has 2 N–H and O–H groups in total. The Labute approximate surface area is 162 Å². The Hall–Kier alpha value is -3.16. The van der Waals surface area contributed by atoms with Crippen molar-refractivity contribution in [2.45, 2.75) is 25.7 Å². The third kappa shape index (κ3) is 4.39. The van der Waals surface area contributed by atoms with E-state index in [9.17, 15) is 19.2 Å². The van der Waals surface area contributed by atoms with E-state index in [0.29, 0.717) is 56.6 Å². The predicted octanol–water partition coefficient (Wildman–Crippen LogP) is 1.88. The van der Waals surface area contributed by atoms with Crippen molar-refractivity contribution in [3.8, 4) is 0 Å². The molecule has 2 heterocycles. The van der Waals surface area contributed by atoms with Crippen LogP contribution in [0.5, 0.6) is 0 Å². The summed E-state index contributed by atoms with van der Waals surface area (Å²) in [6, 6.07) is 6.63. The molecule has 8 nitrogen and oxygen atoms in total. The molecule has 0 aromatic heterocycles. The van der Waals surface area contributed by atoms with E-state index in [0.717, 1.165) is 5.57 Å². The monoisotopic (exact) mass is 385 g/mol. The normalized spacial score (nSPS) is 16.1. The number of aliphatic carboxylic acids is 1. The summed E-state index contributed by atoms with van der Waals surface area (Å²) < 4.78 is 0. The van der Waals surface area contributed by atoms with Crippen LogP contribution < -0.4 is 5.32 Å². The Balaban J connectivity index is 1.45. The Morgan fingerprint density at radius 1 is 1.11 bits per heavy atom. The molecule has 3 rings (SSSR count). The second kappa shape index (κ2) is 8.69. The SMILES string of the molecule is O=C(O)CCCNC(=O)N1CC=C(CCN2C(=O)c3ccccc3C2=O)CC1. The molecule has 0 saturated carbocycles. The second-order valence-corrected chi connectivity index (χ2v) is 6.85. The minimum atomic E-state index is -0.877. The third-order valence-electron chi connectivity index (χ3n) is 4.97. The van der Waals surface area contributed by atoms with Gasteiger partial charge in [0.05, 0.1) is 11.1 Å². The van der Waals surface area contributed by atoms with Crippen LogP contribution in [-0.2, 0) is 4.79 Å². The minimum absolute atomic E-state index is 0.0299. The molecule has 0 spiro atoms. The van der Waals surface area contributed by atoms with Gasteiger partial charge in [0, 0.05) is 32.6 Å². The predicted molar refractivity (Wildman–Crippen MR) is 101 cm³/mol. The van der Waals surface area contributed by atoms with Gasteiger partial charge in [-0.1, -0.05) is 23.8 Å². The van der Waals surface area contributed by atoms with Crippen molar-refractivity contribution >= 4 is 23.8 Å². The lowest BCUT2D eigenvalue weighted by atomic mass is 10.0. The van der Waals surface area contributed by atoms with Crippen LogP contribution in [0, 0.1) is 0 Å². The van der Waals surface area contributed by atoms with Crippen molar-refractivity contribution in [2.75, 3.05) is 26.2 Å². The molecule has 4 amide bonds. The molecule has 0 aliphatic carbocycles. The standard InChI is InChI=1S/C20H23N3O5/c24-17(25)6-3-10-21-20(28)22-11-7-14(8-12-22)9-13-23-18(26)15-4-1-2-5-16(15)19(23)27/h1-2,4-5,7H,3,6,8-13H2,(H,21,28)(H,24,25). The second-order valence-electron chi connectivity index (χ2n) is 6.85. The summed E-state index contributed by atoms with van der Waals surface area (Å²) >= 11 is 0. The molecular formula is C20H23N3O5. The quantitative estimate of drug-likeness (QED) is 0.423. The summed E-state index contributed by atoms with van der Waals surface area (Å²) in [6.07, 6.45) is 3.67. The first-order valence-electron chi connectivity index (χ1n) is 9.35. The Morgan fingerprint density at radius 2 is 1.79 bits per heavy atom. The van der Waals surface area contributed by atoms with Gasteiger partial charge in [0.1, 0.15) is 0 Å². The van der Waals surface area contributed by atoms with E-state index < -0.39 is 5.97 Å².